The maximum Gasteiger partial charge on any atom is 0.194 e. The molecule has 0 unspecified atom stereocenters. The Labute approximate surface area is 219 Å². The van der Waals surface area contributed by atoms with Gasteiger partial charge in [-0.25, -0.2) is 4.98 Å². The largest absolute Gasteiger partial charge is 0.508 e. The van der Waals surface area contributed by atoms with E-state index in [0.717, 1.165) is 46.5 Å². The van der Waals surface area contributed by atoms with Crippen molar-refractivity contribution in [1.29, 1.82) is 0 Å². The number of nitrogens with zero attached hydrogens (tertiary/aromatic N) is 4. The van der Waals surface area contributed by atoms with Crippen LogP contribution in [0.2, 0.25) is 0 Å². The lowest BCUT2D eigenvalue weighted by Crippen LogP contribution is -2.24. The highest BCUT2D eigenvalue weighted by atomic mass is 32.2. The number of imidazole rings is 1. The van der Waals surface area contributed by atoms with Crippen LogP contribution < -0.4 is 10.0 Å². The van der Waals surface area contributed by atoms with Gasteiger partial charge in [-0.1, -0.05) is 30.7 Å². The fourth-order valence-electron chi connectivity index (χ4n) is 3.17. The molecule has 0 spiro atoms. The Kier molecular flexibility index (Phi) is 11.2. The van der Waals surface area contributed by atoms with E-state index < -0.39 is 0 Å². The molecule has 0 saturated carbocycles. The number of aromatic nitrogens is 2. The summed E-state index contributed by atoms with van der Waals surface area (Å²) in [5.41, 5.74) is 3.17. The van der Waals surface area contributed by atoms with Crippen LogP contribution in [0.4, 0.5) is 0 Å². The number of phenols is 1. The molecule has 0 saturated heterocycles. The summed E-state index contributed by atoms with van der Waals surface area (Å²) in [7, 11) is 1.64. The Morgan fingerprint density at radius 2 is 2.11 bits per heavy atom. The van der Waals surface area contributed by atoms with E-state index >= 15 is 0 Å². The van der Waals surface area contributed by atoms with E-state index in [1.54, 1.807) is 54.8 Å². The number of aliphatic imine (C=N–C) groups is 2. The van der Waals surface area contributed by atoms with Crippen molar-refractivity contribution in [3.63, 3.8) is 0 Å². The summed E-state index contributed by atoms with van der Waals surface area (Å²) < 4.78 is 10.5. The van der Waals surface area contributed by atoms with Crippen LogP contribution in [0, 0.1) is 0 Å². The Hall–Kier alpha value is -3.44. The molecule has 36 heavy (non-hydrogen) atoms. The normalized spacial score (nSPS) is 12.7. The first-order chi connectivity index (χ1) is 17.7. The number of allylic oxidation sites excluding steroid dienone is 4. The van der Waals surface area contributed by atoms with Crippen LogP contribution in [0.25, 0.3) is 21.9 Å². The monoisotopic (exact) mass is 522 g/mol. The molecule has 188 valence electrons. The van der Waals surface area contributed by atoms with Crippen molar-refractivity contribution in [2.45, 2.75) is 0 Å². The third-order valence-corrected chi connectivity index (χ3v) is 6.37. The first-order valence-corrected chi connectivity index (χ1v) is 13.0. The quantitative estimate of drug-likeness (QED) is 0.0861. The fraction of sp³-hybridized carbons (Fsp3) is 0.192. The number of methoxy groups -OCH3 is 1. The summed E-state index contributed by atoms with van der Waals surface area (Å²) >= 11 is 3.17. The Morgan fingerprint density at radius 1 is 1.28 bits per heavy atom. The topological polar surface area (TPSA) is 95.5 Å². The highest BCUT2D eigenvalue weighted by molar-refractivity contribution is 7.97. The molecule has 0 bridgehead atoms. The van der Waals surface area contributed by atoms with Gasteiger partial charge in [0.1, 0.15) is 11.5 Å². The van der Waals surface area contributed by atoms with Gasteiger partial charge in [0.2, 0.25) is 0 Å². The van der Waals surface area contributed by atoms with Gasteiger partial charge in [0.15, 0.2) is 4.96 Å². The molecule has 3 rings (SSSR count). The van der Waals surface area contributed by atoms with Crippen LogP contribution in [-0.2, 0) is 4.74 Å². The molecule has 0 aliphatic rings. The van der Waals surface area contributed by atoms with E-state index in [2.05, 4.69) is 33.3 Å². The molecular weight excluding hydrogens is 492 g/mol. The summed E-state index contributed by atoms with van der Waals surface area (Å²) in [6.07, 6.45) is 13.0. The molecule has 0 aliphatic heterocycles. The van der Waals surface area contributed by atoms with Gasteiger partial charge in [0.05, 0.1) is 30.9 Å². The average molecular weight is 523 g/mol. The Morgan fingerprint density at radius 3 is 2.86 bits per heavy atom. The van der Waals surface area contributed by atoms with Crippen molar-refractivity contribution in [3.05, 3.63) is 84.3 Å². The molecular formula is C26H30N6O2S2. The second-order valence-electron chi connectivity index (χ2n) is 7.23. The van der Waals surface area contributed by atoms with Gasteiger partial charge in [0.25, 0.3) is 0 Å². The molecule has 2 heterocycles. The van der Waals surface area contributed by atoms with Crippen LogP contribution in [-0.4, -0.2) is 60.0 Å². The standard InChI is InChI=1S/C26H30N6O2S2/c1-4-6-22(34-3)7-5-17-36-30-15-14-29-19-28-13-12-23(27-2)25-24(20-8-10-21(33)11-9-20)31-26-32(25)16-18-35-26/h4-13,16,18,29-30,33H,1-2,14-15,17,19H2,3H3/b7-5-,22-6+,23-12-,28-13-. The Balaban J connectivity index is 1.49. The number of fused-ring (bicyclic) bond motifs is 1. The lowest BCUT2D eigenvalue weighted by Gasteiger charge is -2.05. The van der Waals surface area contributed by atoms with Crippen molar-refractivity contribution in [1.82, 2.24) is 19.4 Å². The van der Waals surface area contributed by atoms with Gasteiger partial charge in [-0.15, -0.1) is 11.3 Å². The van der Waals surface area contributed by atoms with E-state index in [4.69, 9.17) is 9.72 Å². The number of phenolic OH excluding ortho intramolecular Hbond substituents is 1. The van der Waals surface area contributed by atoms with Crippen molar-refractivity contribution >= 4 is 46.9 Å². The SMILES string of the molecule is C=C/C=C(\C=C/CSNCCNC/N=C\C=C(/N=C)c1c(-c2ccc(O)cc2)nc2sccn12)OC. The van der Waals surface area contributed by atoms with E-state index in [-0.39, 0.29) is 5.75 Å². The van der Waals surface area contributed by atoms with Gasteiger partial charge in [0, 0.05) is 42.2 Å². The zero-order valence-corrected chi connectivity index (χ0v) is 21.8. The third kappa shape index (κ3) is 7.79. The molecule has 8 nitrogen and oxygen atoms in total. The van der Waals surface area contributed by atoms with Gasteiger partial charge >= 0.3 is 0 Å². The molecule has 0 amide bonds. The maximum atomic E-state index is 9.64. The van der Waals surface area contributed by atoms with Crippen molar-refractivity contribution < 1.29 is 9.84 Å². The summed E-state index contributed by atoms with van der Waals surface area (Å²) in [5.74, 6) is 1.82. The number of aromatic hydroxyl groups is 1. The predicted molar refractivity (Wildman–Crippen MR) is 154 cm³/mol. The molecule has 10 heteroatoms. The van der Waals surface area contributed by atoms with Crippen molar-refractivity contribution in [2.75, 3.05) is 32.6 Å². The maximum absolute atomic E-state index is 9.64. The number of rotatable bonds is 15. The lowest BCUT2D eigenvalue weighted by molar-refractivity contribution is 0.307. The number of nitrogens with one attached hydrogen (secondary N) is 2. The predicted octanol–water partition coefficient (Wildman–Crippen LogP) is 4.94. The van der Waals surface area contributed by atoms with Gasteiger partial charge in [-0.2, -0.15) is 0 Å². The van der Waals surface area contributed by atoms with E-state index in [1.807, 2.05) is 52.4 Å². The highest BCUT2D eigenvalue weighted by Gasteiger charge is 2.17. The molecule has 3 N–H and O–H groups in total. The molecule has 0 atom stereocenters. The van der Waals surface area contributed by atoms with Crippen molar-refractivity contribution in [2.24, 2.45) is 9.98 Å². The first-order valence-electron chi connectivity index (χ1n) is 11.2. The molecule has 0 aliphatic carbocycles. The van der Waals surface area contributed by atoms with E-state index in [9.17, 15) is 5.11 Å². The fourth-order valence-corrected chi connectivity index (χ4v) is 4.44. The third-order valence-electron chi connectivity index (χ3n) is 4.84. The minimum atomic E-state index is 0.210. The van der Waals surface area contributed by atoms with E-state index in [1.165, 1.54) is 0 Å². The van der Waals surface area contributed by atoms with Crippen molar-refractivity contribution in [3.8, 4) is 17.0 Å². The summed E-state index contributed by atoms with van der Waals surface area (Å²) in [5, 5.41) is 14.9. The molecule has 0 radical (unpaired) electrons. The van der Waals surface area contributed by atoms with E-state index in [0.29, 0.717) is 12.4 Å². The number of hydrogen-bond acceptors (Lipinski definition) is 9. The van der Waals surface area contributed by atoms with Gasteiger partial charge in [-0.05, 0) is 49.2 Å². The summed E-state index contributed by atoms with van der Waals surface area (Å²) in [4.78, 5) is 14.3. The summed E-state index contributed by atoms with van der Waals surface area (Å²) in [6.45, 7) is 9.49. The highest BCUT2D eigenvalue weighted by Crippen LogP contribution is 2.32. The minimum Gasteiger partial charge on any atom is -0.508 e. The second kappa shape index (κ2) is 14.8. The zero-order valence-electron chi connectivity index (χ0n) is 20.1. The number of ether oxygens (including phenoxy) is 1. The molecule has 3 aromatic rings. The first kappa shape index (κ1) is 27.2. The minimum absolute atomic E-state index is 0.210. The molecule has 2 aromatic heterocycles. The smallest absolute Gasteiger partial charge is 0.194 e. The lowest BCUT2D eigenvalue weighted by atomic mass is 10.1. The van der Waals surface area contributed by atoms with Crippen LogP contribution in [0.5, 0.6) is 5.75 Å². The van der Waals surface area contributed by atoms with Crippen LogP contribution >= 0.6 is 23.3 Å². The Bertz CT molecular complexity index is 1260. The molecule has 0 fully saturated rings. The van der Waals surface area contributed by atoms with Gasteiger partial charge < -0.3 is 9.84 Å². The summed E-state index contributed by atoms with van der Waals surface area (Å²) in [6, 6.07) is 6.97. The van der Waals surface area contributed by atoms with Gasteiger partial charge in [-0.3, -0.25) is 24.4 Å². The van der Waals surface area contributed by atoms with Crippen LogP contribution in [0.3, 0.4) is 0 Å². The average Bonchev–Trinajstić information content (AvgIpc) is 3.49. The van der Waals surface area contributed by atoms with Crippen LogP contribution in [0.1, 0.15) is 5.69 Å². The number of thiazole rings is 1. The van der Waals surface area contributed by atoms with Crippen LogP contribution in [0.15, 0.2) is 88.5 Å². The second-order valence-corrected chi connectivity index (χ2v) is 9.01. The number of hydrogen-bond donors (Lipinski definition) is 3. The molecule has 1 aromatic carbocycles. The zero-order chi connectivity index (χ0) is 25.6. The number of benzene rings is 1.